The Balaban J connectivity index is 2.28. The Morgan fingerprint density at radius 2 is 1.12 bits per heavy atom. The summed E-state index contributed by atoms with van der Waals surface area (Å²) < 4.78 is 22.7. The smallest absolute Gasteiger partial charge is 0.306 e. The van der Waals surface area contributed by atoms with Crippen LogP contribution >= 0.6 is 0 Å². The molecule has 1 rings (SSSR count). The lowest BCUT2D eigenvalue weighted by atomic mass is 9.99. The van der Waals surface area contributed by atoms with Crippen LogP contribution in [0.5, 0.6) is 0 Å². The molecule has 1 aliphatic rings. The summed E-state index contributed by atoms with van der Waals surface area (Å²) in [7, 11) is 0. The van der Waals surface area contributed by atoms with Crippen molar-refractivity contribution in [2.45, 2.75) is 205 Å². The van der Waals surface area contributed by atoms with Gasteiger partial charge in [0.15, 0.2) is 6.29 Å². The van der Waals surface area contributed by atoms with Gasteiger partial charge < -0.3 is 39.4 Å². The van der Waals surface area contributed by atoms with Gasteiger partial charge in [0.2, 0.25) is 0 Å². The molecule has 0 radical (unpaired) electrons. The van der Waals surface area contributed by atoms with Crippen LogP contribution in [0.4, 0.5) is 0 Å². The van der Waals surface area contributed by atoms with E-state index in [1.54, 1.807) is 0 Å². The molecule has 0 aromatic rings. The molecule has 52 heavy (non-hydrogen) atoms. The predicted octanol–water partition coefficient (Wildman–Crippen LogP) is 8.80. The highest BCUT2D eigenvalue weighted by molar-refractivity contribution is 5.69. The normalized spacial score (nSPS) is 21.5. The fourth-order valence-electron chi connectivity index (χ4n) is 6.20. The number of unbranched alkanes of at least 4 members (excludes halogenated alkanes) is 18. The lowest BCUT2D eigenvalue weighted by molar-refractivity contribution is -0.305. The first-order chi connectivity index (χ1) is 25.4. The van der Waals surface area contributed by atoms with Crippen molar-refractivity contribution in [1.82, 2.24) is 0 Å². The van der Waals surface area contributed by atoms with E-state index < -0.39 is 43.4 Å². The molecule has 1 heterocycles. The Hall–Kier alpha value is -1.59. The van der Waals surface area contributed by atoms with Crippen LogP contribution in [-0.4, -0.2) is 89.6 Å². The Kier molecular flexibility index (Phi) is 32.7. The number of rotatable bonds is 35. The Labute approximate surface area is 317 Å². The average Bonchev–Trinajstić information content (AvgIpc) is 3.14. The molecule has 0 aromatic carbocycles. The number of hydrogen-bond donors (Lipinski definition) is 4. The molecule has 0 aromatic heterocycles. The van der Waals surface area contributed by atoms with Crippen LogP contribution in [0, 0.1) is 0 Å². The van der Waals surface area contributed by atoms with Crippen LogP contribution in [0.1, 0.15) is 168 Å². The van der Waals surface area contributed by atoms with E-state index in [2.05, 4.69) is 50.3 Å². The molecule has 304 valence electrons. The largest absolute Gasteiger partial charge is 0.457 e. The van der Waals surface area contributed by atoms with Crippen molar-refractivity contribution in [3.63, 3.8) is 0 Å². The lowest BCUT2D eigenvalue weighted by Gasteiger charge is -2.39. The van der Waals surface area contributed by atoms with Gasteiger partial charge in [-0.3, -0.25) is 4.79 Å². The van der Waals surface area contributed by atoms with Gasteiger partial charge in [0, 0.05) is 13.0 Å². The first-order valence-electron chi connectivity index (χ1n) is 21.1. The van der Waals surface area contributed by atoms with Crippen molar-refractivity contribution in [3.8, 4) is 0 Å². The molecule has 6 unspecified atom stereocenters. The molecule has 0 amide bonds. The van der Waals surface area contributed by atoms with Crippen LogP contribution in [0.25, 0.3) is 0 Å². The zero-order valence-electron chi connectivity index (χ0n) is 33.1. The number of aliphatic hydroxyl groups is 4. The van der Waals surface area contributed by atoms with Gasteiger partial charge in [-0.2, -0.15) is 0 Å². The average molecular weight is 739 g/mol. The van der Waals surface area contributed by atoms with Crippen LogP contribution in [0.3, 0.4) is 0 Å². The molecular formula is C43H78O9. The van der Waals surface area contributed by atoms with E-state index in [1.165, 1.54) is 89.9 Å². The van der Waals surface area contributed by atoms with Crippen LogP contribution in [-0.2, 0) is 23.7 Å². The minimum Gasteiger partial charge on any atom is -0.457 e. The molecule has 9 nitrogen and oxygen atoms in total. The molecule has 1 fully saturated rings. The number of allylic oxidation sites excluding steroid dienone is 6. The Morgan fingerprint density at radius 3 is 1.71 bits per heavy atom. The van der Waals surface area contributed by atoms with E-state index in [9.17, 15) is 25.2 Å². The third-order valence-electron chi connectivity index (χ3n) is 9.56. The highest BCUT2D eigenvalue weighted by Gasteiger charge is 2.44. The van der Waals surface area contributed by atoms with E-state index in [0.29, 0.717) is 13.0 Å². The fourth-order valence-corrected chi connectivity index (χ4v) is 6.20. The second-order valence-corrected chi connectivity index (χ2v) is 14.4. The molecule has 1 aliphatic heterocycles. The molecule has 6 atom stereocenters. The number of carbonyl (C=O) groups is 1. The summed E-state index contributed by atoms with van der Waals surface area (Å²) in [4.78, 5) is 12.7. The van der Waals surface area contributed by atoms with Crippen LogP contribution in [0.2, 0.25) is 0 Å². The summed E-state index contributed by atoms with van der Waals surface area (Å²) >= 11 is 0. The van der Waals surface area contributed by atoms with Gasteiger partial charge in [0.25, 0.3) is 0 Å². The van der Waals surface area contributed by atoms with Gasteiger partial charge in [-0.1, -0.05) is 147 Å². The number of ether oxygens (including phenoxy) is 4. The molecule has 9 heteroatoms. The molecular weight excluding hydrogens is 660 g/mol. The second-order valence-electron chi connectivity index (χ2n) is 14.4. The van der Waals surface area contributed by atoms with Crippen molar-refractivity contribution >= 4 is 5.97 Å². The van der Waals surface area contributed by atoms with Crippen LogP contribution in [0.15, 0.2) is 36.5 Å². The number of aliphatic hydroxyl groups excluding tert-OH is 4. The van der Waals surface area contributed by atoms with E-state index in [4.69, 9.17) is 18.9 Å². The van der Waals surface area contributed by atoms with Crippen molar-refractivity contribution in [1.29, 1.82) is 0 Å². The predicted molar refractivity (Wildman–Crippen MR) is 210 cm³/mol. The van der Waals surface area contributed by atoms with Gasteiger partial charge in [0.1, 0.15) is 30.5 Å². The topological polar surface area (TPSA) is 135 Å². The monoisotopic (exact) mass is 739 g/mol. The van der Waals surface area contributed by atoms with E-state index in [-0.39, 0.29) is 19.2 Å². The minimum atomic E-state index is -1.54. The Morgan fingerprint density at radius 1 is 0.615 bits per heavy atom. The maximum absolute atomic E-state index is 12.7. The summed E-state index contributed by atoms with van der Waals surface area (Å²) in [5, 5.41) is 40.0. The second kappa shape index (κ2) is 35.1. The molecule has 4 N–H and O–H groups in total. The SMILES string of the molecule is CCCCC/C=C\C/C=C\C/C=C\CCCCCCCCC(=O)OC(COCCCCCCCCCCCC)COC1OC(CO)C(O)C(O)C1O. The van der Waals surface area contributed by atoms with E-state index in [1.807, 2.05) is 0 Å². The van der Waals surface area contributed by atoms with Gasteiger partial charge in [-0.25, -0.2) is 0 Å². The summed E-state index contributed by atoms with van der Waals surface area (Å²) in [6.45, 7) is 4.50. The van der Waals surface area contributed by atoms with Gasteiger partial charge in [-0.15, -0.1) is 0 Å². The summed E-state index contributed by atoms with van der Waals surface area (Å²) in [6, 6.07) is 0. The van der Waals surface area contributed by atoms with Gasteiger partial charge in [0.05, 0.1) is 19.8 Å². The molecule has 1 saturated heterocycles. The fraction of sp³-hybridized carbons (Fsp3) is 0.837. The van der Waals surface area contributed by atoms with Gasteiger partial charge >= 0.3 is 5.97 Å². The standard InChI is InChI=1S/C43H78O9/c1-3-5-7-9-11-13-15-16-17-18-19-20-21-22-23-24-26-28-30-32-39(45)51-37(35-49-33-31-29-27-25-14-12-10-8-6-4-2)36-50-43-42(48)41(47)40(46)38(34-44)52-43/h11,13,16-17,19-20,37-38,40-44,46-48H,3-10,12,14-15,18,21-36H2,1-2H3/b13-11-,17-16-,20-19-. The van der Waals surface area contributed by atoms with Gasteiger partial charge in [-0.05, 0) is 51.4 Å². The highest BCUT2D eigenvalue weighted by Crippen LogP contribution is 2.22. The number of hydrogen-bond acceptors (Lipinski definition) is 9. The first-order valence-corrected chi connectivity index (χ1v) is 21.1. The third-order valence-corrected chi connectivity index (χ3v) is 9.56. The summed E-state index contributed by atoms with van der Waals surface area (Å²) in [5.41, 5.74) is 0. The highest BCUT2D eigenvalue weighted by atomic mass is 16.7. The van der Waals surface area contributed by atoms with Crippen molar-refractivity contribution in [3.05, 3.63) is 36.5 Å². The lowest BCUT2D eigenvalue weighted by Crippen LogP contribution is -2.59. The van der Waals surface area contributed by atoms with Crippen molar-refractivity contribution in [2.24, 2.45) is 0 Å². The Bertz CT molecular complexity index is 890. The first kappa shape index (κ1) is 48.4. The number of carbonyl (C=O) groups excluding carboxylic acids is 1. The van der Waals surface area contributed by atoms with E-state index in [0.717, 1.165) is 57.8 Å². The van der Waals surface area contributed by atoms with Crippen molar-refractivity contribution < 1.29 is 44.2 Å². The zero-order chi connectivity index (χ0) is 37.9. The number of esters is 1. The van der Waals surface area contributed by atoms with Crippen LogP contribution < -0.4 is 0 Å². The maximum atomic E-state index is 12.7. The third kappa shape index (κ3) is 26.2. The maximum Gasteiger partial charge on any atom is 0.306 e. The molecule has 0 bridgehead atoms. The summed E-state index contributed by atoms with van der Waals surface area (Å²) in [5.74, 6) is -0.327. The molecule has 0 aliphatic carbocycles. The van der Waals surface area contributed by atoms with Crippen molar-refractivity contribution in [2.75, 3.05) is 26.4 Å². The molecule has 0 spiro atoms. The summed E-state index contributed by atoms with van der Waals surface area (Å²) in [6.07, 6.45) is 33.1. The quantitative estimate of drug-likeness (QED) is 0.0286. The molecule has 0 saturated carbocycles. The van der Waals surface area contributed by atoms with E-state index >= 15 is 0 Å². The zero-order valence-corrected chi connectivity index (χ0v) is 33.1. The minimum absolute atomic E-state index is 0.117.